The number of ether oxygens (including phenoxy) is 4. The van der Waals surface area contributed by atoms with Gasteiger partial charge in [0.2, 0.25) is 6.79 Å². The first kappa shape index (κ1) is 22.1. The van der Waals surface area contributed by atoms with E-state index < -0.39 is 17.8 Å². The van der Waals surface area contributed by atoms with Crippen molar-refractivity contribution in [2.45, 2.75) is 32.8 Å². The SMILES string of the molecule is COC(=O)N(c1ccc2c(c1)OCO2)c1cc(O)ccc1CCNC(=O)OC(C)(C)C. The third-order valence-corrected chi connectivity index (χ3v) is 4.34. The lowest BCUT2D eigenvalue weighted by Gasteiger charge is -2.25. The number of carbonyl (C=O) groups is 2. The summed E-state index contributed by atoms with van der Waals surface area (Å²) in [6.45, 7) is 5.71. The van der Waals surface area contributed by atoms with Gasteiger partial charge >= 0.3 is 12.2 Å². The van der Waals surface area contributed by atoms with Gasteiger partial charge in [0.25, 0.3) is 0 Å². The number of anilines is 2. The maximum atomic E-state index is 12.7. The highest BCUT2D eigenvalue weighted by Crippen LogP contribution is 2.39. The number of aromatic hydroxyl groups is 1. The lowest BCUT2D eigenvalue weighted by Crippen LogP contribution is -2.34. The molecule has 9 nitrogen and oxygen atoms in total. The van der Waals surface area contributed by atoms with Gasteiger partial charge in [-0.05, 0) is 51.0 Å². The normalized spacial score (nSPS) is 12.3. The van der Waals surface area contributed by atoms with Gasteiger partial charge < -0.3 is 29.4 Å². The van der Waals surface area contributed by atoms with Crippen molar-refractivity contribution in [2.24, 2.45) is 0 Å². The molecule has 1 aliphatic rings. The Balaban J connectivity index is 1.87. The molecule has 0 saturated carbocycles. The number of nitrogens with one attached hydrogen (secondary N) is 1. The number of rotatable bonds is 5. The lowest BCUT2D eigenvalue weighted by atomic mass is 10.1. The largest absolute Gasteiger partial charge is 0.508 e. The summed E-state index contributed by atoms with van der Waals surface area (Å²) in [4.78, 5) is 25.9. The van der Waals surface area contributed by atoms with Gasteiger partial charge in [0.15, 0.2) is 11.5 Å². The van der Waals surface area contributed by atoms with Gasteiger partial charge in [0.1, 0.15) is 11.4 Å². The Morgan fingerprint density at radius 1 is 1.13 bits per heavy atom. The van der Waals surface area contributed by atoms with Crippen LogP contribution in [-0.2, 0) is 15.9 Å². The van der Waals surface area contributed by atoms with E-state index in [0.717, 1.165) is 0 Å². The van der Waals surface area contributed by atoms with Gasteiger partial charge in [-0.2, -0.15) is 0 Å². The fraction of sp³-hybridized carbons (Fsp3) is 0.364. The van der Waals surface area contributed by atoms with E-state index in [2.05, 4.69) is 5.32 Å². The van der Waals surface area contributed by atoms with Crippen molar-refractivity contribution in [3.05, 3.63) is 42.0 Å². The fourth-order valence-electron chi connectivity index (χ4n) is 3.04. The molecule has 0 aliphatic carbocycles. The number of benzene rings is 2. The summed E-state index contributed by atoms with van der Waals surface area (Å²) in [7, 11) is 1.27. The summed E-state index contributed by atoms with van der Waals surface area (Å²) in [5.41, 5.74) is 0.992. The van der Waals surface area contributed by atoms with E-state index in [0.29, 0.717) is 34.9 Å². The fourth-order valence-corrected chi connectivity index (χ4v) is 3.04. The van der Waals surface area contributed by atoms with Crippen LogP contribution >= 0.6 is 0 Å². The highest BCUT2D eigenvalue weighted by molar-refractivity contribution is 5.97. The zero-order chi connectivity index (χ0) is 22.6. The van der Waals surface area contributed by atoms with Gasteiger partial charge in [-0.25, -0.2) is 14.5 Å². The molecular weight excluding hydrogens is 404 g/mol. The van der Waals surface area contributed by atoms with Crippen molar-refractivity contribution in [1.82, 2.24) is 5.32 Å². The van der Waals surface area contributed by atoms with Crippen molar-refractivity contribution in [3.8, 4) is 17.2 Å². The van der Waals surface area contributed by atoms with Crippen molar-refractivity contribution in [2.75, 3.05) is 25.3 Å². The minimum absolute atomic E-state index is 0.0199. The Bertz CT molecular complexity index is 969. The molecule has 2 N–H and O–H groups in total. The number of carbonyl (C=O) groups excluding carboxylic acids is 2. The van der Waals surface area contributed by atoms with Crippen LogP contribution in [0.4, 0.5) is 21.0 Å². The Kier molecular flexibility index (Phi) is 6.43. The van der Waals surface area contributed by atoms with E-state index in [1.807, 2.05) is 0 Å². The van der Waals surface area contributed by atoms with Crippen molar-refractivity contribution in [1.29, 1.82) is 0 Å². The maximum absolute atomic E-state index is 12.7. The lowest BCUT2D eigenvalue weighted by molar-refractivity contribution is 0.0528. The molecule has 0 aromatic heterocycles. The number of hydrogen-bond donors (Lipinski definition) is 2. The van der Waals surface area contributed by atoms with Crippen molar-refractivity contribution >= 4 is 23.6 Å². The predicted molar refractivity (Wildman–Crippen MR) is 113 cm³/mol. The Hall–Kier alpha value is -3.62. The zero-order valence-corrected chi connectivity index (χ0v) is 17.9. The van der Waals surface area contributed by atoms with E-state index in [9.17, 15) is 14.7 Å². The van der Waals surface area contributed by atoms with Crippen LogP contribution in [0, 0.1) is 0 Å². The highest BCUT2D eigenvalue weighted by atomic mass is 16.7. The van der Waals surface area contributed by atoms with E-state index in [1.165, 1.54) is 24.1 Å². The molecule has 9 heteroatoms. The average molecular weight is 430 g/mol. The van der Waals surface area contributed by atoms with Crippen LogP contribution in [0.2, 0.25) is 0 Å². The molecule has 0 unspecified atom stereocenters. The Labute approximate surface area is 180 Å². The van der Waals surface area contributed by atoms with Gasteiger partial charge in [-0.3, -0.25) is 0 Å². The number of phenols is 1. The third-order valence-electron chi connectivity index (χ3n) is 4.34. The average Bonchev–Trinajstić information content (AvgIpc) is 3.16. The van der Waals surface area contributed by atoms with Crippen LogP contribution in [0.1, 0.15) is 26.3 Å². The summed E-state index contributed by atoms with van der Waals surface area (Å²) < 4.78 is 21.0. The molecule has 1 aliphatic heterocycles. The first-order valence-corrected chi connectivity index (χ1v) is 9.74. The van der Waals surface area contributed by atoms with Crippen LogP contribution in [0.3, 0.4) is 0 Å². The summed E-state index contributed by atoms with van der Waals surface area (Å²) >= 11 is 0. The van der Waals surface area contributed by atoms with Gasteiger partial charge in [-0.15, -0.1) is 0 Å². The molecule has 0 atom stereocenters. The van der Waals surface area contributed by atoms with Crippen molar-refractivity contribution in [3.63, 3.8) is 0 Å². The molecule has 0 bridgehead atoms. The van der Waals surface area contributed by atoms with Gasteiger partial charge in [0.05, 0.1) is 18.5 Å². The molecule has 1 heterocycles. The molecule has 2 aromatic carbocycles. The maximum Gasteiger partial charge on any atom is 0.418 e. The first-order valence-electron chi connectivity index (χ1n) is 9.74. The molecule has 0 fully saturated rings. The number of fused-ring (bicyclic) bond motifs is 1. The van der Waals surface area contributed by atoms with Crippen LogP contribution in [0.5, 0.6) is 17.2 Å². The standard InChI is InChI=1S/C22H26N2O7/c1-22(2,3)31-20(26)23-10-9-14-5-7-16(25)12-17(14)24(21(27)28-4)15-6-8-18-19(11-15)30-13-29-18/h5-8,11-12,25H,9-10,13H2,1-4H3,(H,23,26). The minimum atomic E-state index is -0.647. The van der Waals surface area contributed by atoms with Crippen molar-refractivity contribution < 1.29 is 33.6 Å². The molecule has 0 spiro atoms. The summed E-state index contributed by atoms with van der Waals surface area (Å²) in [5, 5.41) is 12.8. The second kappa shape index (κ2) is 9.03. The monoisotopic (exact) mass is 430 g/mol. The number of alkyl carbamates (subject to hydrolysis) is 1. The highest BCUT2D eigenvalue weighted by Gasteiger charge is 2.25. The number of amides is 2. The summed E-state index contributed by atoms with van der Waals surface area (Å²) in [6.07, 6.45) is -0.799. The van der Waals surface area contributed by atoms with Gasteiger partial charge in [-0.1, -0.05) is 6.07 Å². The predicted octanol–water partition coefficient (Wildman–Crippen LogP) is 4.09. The van der Waals surface area contributed by atoms with E-state index in [4.69, 9.17) is 18.9 Å². The quantitative estimate of drug-likeness (QED) is 0.736. The van der Waals surface area contributed by atoms with Gasteiger partial charge in [0, 0.05) is 18.7 Å². The van der Waals surface area contributed by atoms with E-state index in [-0.39, 0.29) is 19.1 Å². The van der Waals surface area contributed by atoms with Crippen LogP contribution in [-0.4, -0.2) is 43.3 Å². The second-order valence-electron chi connectivity index (χ2n) is 7.83. The Morgan fingerprint density at radius 2 is 1.87 bits per heavy atom. The molecule has 31 heavy (non-hydrogen) atoms. The molecule has 166 valence electrons. The second-order valence-corrected chi connectivity index (χ2v) is 7.83. The first-order chi connectivity index (χ1) is 14.7. The molecular formula is C22H26N2O7. The molecule has 2 amide bonds. The van der Waals surface area contributed by atoms with Crippen LogP contribution < -0.4 is 19.7 Å². The molecule has 0 radical (unpaired) electrons. The topological polar surface area (TPSA) is 107 Å². The zero-order valence-electron chi connectivity index (χ0n) is 17.9. The number of phenolic OH excluding ortho intramolecular Hbond substituents is 1. The Morgan fingerprint density at radius 3 is 2.58 bits per heavy atom. The third kappa shape index (κ3) is 5.50. The molecule has 2 aromatic rings. The summed E-state index contributed by atoms with van der Waals surface area (Å²) in [6, 6.07) is 9.71. The van der Waals surface area contributed by atoms with Crippen LogP contribution in [0.15, 0.2) is 36.4 Å². The van der Waals surface area contributed by atoms with E-state index in [1.54, 1.807) is 45.0 Å². The molecule has 0 saturated heterocycles. The van der Waals surface area contributed by atoms with Crippen LogP contribution in [0.25, 0.3) is 0 Å². The number of hydrogen-bond acceptors (Lipinski definition) is 7. The summed E-state index contributed by atoms with van der Waals surface area (Å²) in [5.74, 6) is 1.06. The molecule has 3 rings (SSSR count). The smallest absolute Gasteiger partial charge is 0.418 e. The number of nitrogens with zero attached hydrogens (tertiary/aromatic N) is 1. The minimum Gasteiger partial charge on any atom is -0.508 e. The number of methoxy groups -OCH3 is 1. The van der Waals surface area contributed by atoms with E-state index >= 15 is 0 Å².